The van der Waals surface area contributed by atoms with Crippen molar-refractivity contribution >= 4 is 27.0 Å². The number of aryl methyl sites for hydroxylation is 1. The topological polar surface area (TPSA) is 30.7 Å². The Labute approximate surface area is 149 Å². The Morgan fingerprint density at radius 2 is 1.67 bits per heavy atom. The number of hydrogen-bond acceptors (Lipinski definition) is 2. The average molecular weight is 378 g/mol. The van der Waals surface area contributed by atoms with Gasteiger partial charge in [0.2, 0.25) is 0 Å². The number of hydrogen-bond donors (Lipinski definition) is 0. The fourth-order valence-electron chi connectivity index (χ4n) is 2.80. The van der Waals surface area contributed by atoms with E-state index in [4.69, 9.17) is 10.1 Å². The van der Waals surface area contributed by atoms with Crippen LogP contribution in [0.4, 0.5) is 0 Å². The number of benzene rings is 2. The minimum absolute atomic E-state index is 0.901. The molecule has 0 saturated carbocycles. The normalized spacial score (nSPS) is 11.1. The summed E-state index contributed by atoms with van der Waals surface area (Å²) in [6.07, 6.45) is 0.906. The monoisotopic (exact) mass is 377 g/mol. The van der Waals surface area contributed by atoms with E-state index in [1.54, 1.807) is 0 Å². The molecule has 0 radical (unpaired) electrons. The minimum Gasteiger partial charge on any atom is -0.233 e. The quantitative estimate of drug-likeness (QED) is 0.477. The smallest absolute Gasteiger partial charge is 0.163 e. The average Bonchev–Trinajstić information content (AvgIpc) is 3.02. The summed E-state index contributed by atoms with van der Waals surface area (Å²) in [5.74, 6) is 0. The van der Waals surface area contributed by atoms with Crippen molar-refractivity contribution in [2.75, 3.05) is 0 Å². The lowest BCUT2D eigenvalue weighted by Gasteiger charge is -2.03. The maximum absolute atomic E-state index is 4.87. The van der Waals surface area contributed by atoms with Crippen LogP contribution in [0.25, 0.3) is 28.0 Å². The van der Waals surface area contributed by atoms with Gasteiger partial charge in [-0.05, 0) is 42.8 Å². The third-order valence-electron chi connectivity index (χ3n) is 4.07. The summed E-state index contributed by atoms with van der Waals surface area (Å²) >= 11 is 3.49. The zero-order valence-corrected chi connectivity index (χ0v) is 14.9. The van der Waals surface area contributed by atoms with Crippen LogP contribution in [0.3, 0.4) is 0 Å². The highest BCUT2D eigenvalue weighted by Gasteiger charge is 2.15. The van der Waals surface area contributed by atoms with Crippen LogP contribution in [-0.2, 0) is 6.42 Å². The van der Waals surface area contributed by atoms with Crippen LogP contribution in [0.2, 0.25) is 0 Å². The molecule has 4 rings (SSSR count). The molecule has 0 bridgehead atoms. The summed E-state index contributed by atoms with van der Waals surface area (Å²) in [5, 5.41) is 5.94. The SMILES string of the molecule is CCc1ccc2c(-c3ccc(Br)cc3)nn(-c3ccccc3)c2n1. The lowest BCUT2D eigenvalue weighted by molar-refractivity contribution is 0.893. The van der Waals surface area contributed by atoms with E-state index in [0.29, 0.717) is 0 Å². The molecule has 4 aromatic rings. The fourth-order valence-corrected chi connectivity index (χ4v) is 3.07. The summed E-state index contributed by atoms with van der Waals surface area (Å²) in [5.41, 5.74) is 5.03. The Morgan fingerprint density at radius 1 is 0.917 bits per heavy atom. The number of halogens is 1. The van der Waals surface area contributed by atoms with Crippen molar-refractivity contribution in [2.24, 2.45) is 0 Å². The van der Waals surface area contributed by atoms with Gasteiger partial charge in [-0.15, -0.1) is 0 Å². The molecule has 0 atom stereocenters. The van der Waals surface area contributed by atoms with Crippen LogP contribution in [0.1, 0.15) is 12.6 Å². The maximum atomic E-state index is 4.87. The molecule has 0 aliphatic heterocycles. The van der Waals surface area contributed by atoms with Gasteiger partial charge < -0.3 is 0 Å². The molecule has 0 unspecified atom stereocenters. The van der Waals surface area contributed by atoms with Crippen LogP contribution in [0.5, 0.6) is 0 Å². The van der Waals surface area contributed by atoms with Crippen LogP contribution in [-0.4, -0.2) is 14.8 Å². The standard InChI is InChI=1S/C20H16BrN3/c1-2-16-12-13-18-19(14-8-10-15(21)11-9-14)23-24(20(18)22-16)17-6-4-3-5-7-17/h3-13H,2H2,1H3. The van der Waals surface area contributed by atoms with Gasteiger partial charge in [0.1, 0.15) is 5.69 Å². The third-order valence-corrected chi connectivity index (χ3v) is 4.60. The van der Waals surface area contributed by atoms with E-state index in [1.165, 1.54) is 0 Å². The van der Waals surface area contributed by atoms with Crippen LogP contribution >= 0.6 is 15.9 Å². The van der Waals surface area contributed by atoms with Crippen LogP contribution in [0, 0.1) is 0 Å². The summed E-state index contributed by atoms with van der Waals surface area (Å²) < 4.78 is 3.00. The van der Waals surface area contributed by atoms with Gasteiger partial charge in [-0.1, -0.05) is 53.2 Å². The molecule has 0 fully saturated rings. The van der Waals surface area contributed by atoms with Gasteiger partial charge in [-0.3, -0.25) is 0 Å². The number of fused-ring (bicyclic) bond motifs is 1. The van der Waals surface area contributed by atoms with E-state index in [1.807, 2.05) is 35.0 Å². The largest absolute Gasteiger partial charge is 0.233 e. The van der Waals surface area contributed by atoms with Gasteiger partial charge in [0.25, 0.3) is 0 Å². The molecule has 0 saturated heterocycles. The van der Waals surface area contributed by atoms with Crippen molar-refractivity contribution in [3.8, 4) is 16.9 Å². The molecule has 2 aromatic heterocycles. The first kappa shape index (κ1) is 15.1. The highest BCUT2D eigenvalue weighted by atomic mass is 79.9. The Kier molecular flexibility index (Phi) is 3.90. The Hall–Kier alpha value is -2.46. The number of pyridine rings is 1. The molecular formula is C20H16BrN3. The van der Waals surface area contributed by atoms with Crippen molar-refractivity contribution in [3.63, 3.8) is 0 Å². The Bertz CT molecular complexity index is 989. The van der Waals surface area contributed by atoms with E-state index in [0.717, 1.165) is 44.6 Å². The molecule has 2 aromatic carbocycles. The maximum Gasteiger partial charge on any atom is 0.163 e. The molecule has 24 heavy (non-hydrogen) atoms. The van der Waals surface area contributed by atoms with Crippen molar-refractivity contribution in [3.05, 3.63) is 76.9 Å². The first-order valence-electron chi connectivity index (χ1n) is 7.96. The fraction of sp³-hybridized carbons (Fsp3) is 0.100. The molecule has 0 aliphatic carbocycles. The second kappa shape index (κ2) is 6.21. The first-order chi connectivity index (χ1) is 11.8. The van der Waals surface area contributed by atoms with Gasteiger partial charge in [0.15, 0.2) is 5.65 Å². The molecule has 0 aliphatic rings. The first-order valence-corrected chi connectivity index (χ1v) is 8.75. The highest BCUT2D eigenvalue weighted by Crippen LogP contribution is 2.30. The molecule has 0 amide bonds. The zero-order valence-electron chi connectivity index (χ0n) is 13.3. The Balaban J connectivity index is 2.00. The van der Waals surface area contributed by atoms with E-state index in [9.17, 15) is 0 Å². The van der Waals surface area contributed by atoms with Gasteiger partial charge in [0.05, 0.1) is 5.69 Å². The van der Waals surface area contributed by atoms with Gasteiger partial charge in [-0.2, -0.15) is 5.10 Å². The summed E-state index contributed by atoms with van der Waals surface area (Å²) in [4.78, 5) is 4.82. The van der Waals surface area contributed by atoms with E-state index < -0.39 is 0 Å². The van der Waals surface area contributed by atoms with Crippen molar-refractivity contribution in [1.29, 1.82) is 0 Å². The minimum atomic E-state index is 0.901. The van der Waals surface area contributed by atoms with Gasteiger partial charge in [0, 0.05) is 21.1 Å². The van der Waals surface area contributed by atoms with E-state index in [-0.39, 0.29) is 0 Å². The summed E-state index contributed by atoms with van der Waals surface area (Å²) in [6, 6.07) is 22.6. The molecule has 3 nitrogen and oxygen atoms in total. The van der Waals surface area contributed by atoms with E-state index >= 15 is 0 Å². The van der Waals surface area contributed by atoms with Gasteiger partial charge >= 0.3 is 0 Å². The lowest BCUT2D eigenvalue weighted by Crippen LogP contribution is -1.98. The molecule has 0 spiro atoms. The second-order valence-corrected chi connectivity index (χ2v) is 6.55. The van der Waals surface area contributed by atoms with Crippen LogP contribution in [0.15, 0.2) is 71.2 Å². The molecule has 0 N–H and O–H groups in total. The number of para-hydroxylation sites is 1. The van der Waals surface area contributed by atoms with Crippen molar-refractivity contribution in [1.82, 2.24) is 14.8 Å². The number of rotatable bonds is 3. The predicted molar refractivity (Wildman–Crippen MR) is 101 cm³/mol. The van der Waals surface area contributed by atoms with Gasteiger partial charge in [-0.25, -0.2) is 9.67 Å². The third kappa shape index (κ3) is 2.63. The number of aromatic nitrogens is 3. The van der Waals surface area contributed by atoms with E-state index in [2.05, 4.69) is 59.3 Å². The Morgan fingerprint density at radius 3 is 2.38 bits per heavy atom. The molecular weight excluding hydrogens is 362 g/mol. The van der Waals surface area contributed by atoms with Crippen molar-refractivity contribution in [2.45, 2.75) is 13.3 Å². The summed E-state index contributed by atoms with van der Waals surface area (Å²) in [7, 11) is 0. The summed E-state index contributed by atoms with van der Waals surface area (Å²) in [6.45, 7) is 2.12. The molecule has 118 valence electrons. The molecule has 4 heteroatoms. The number of nitrogens with zero attached hydrogens (tertiary/aromatic N) is 3. The predicted octanol–water partition coefficient (Wildman–Crippen LogP) is 5.41. The lowest BCUT2D eigenvalue weighted by atomic mass is 10.1. The van der Waals surface area contributed by atoms with Crippen molar-refractivity contribution < 1.29 is 0 Å². The zero-order chi connectivity index (χ0) is 16.5. The molecule has 2 heterocycles. The highest BCUT2D eigenvalue weighted by molar-refractivity contribution is 9.10. The van der Waals surface area contributed by atoms with Crippen LogP contribution < -0.4 is 0 Å². The second-order valence-electron chi connectivity index (χ2n) is 5.63.